The molecule has 0 bridgehead atoms. The third kappa shape index (κ3) is 4.35. The molecule has 0 fully saturated rings. The van der Waals surface area contributed by atoms with Gasteiger partial charge >= 0.3 is 5.97 Å². The number of aryl methyl sites for hydroxylation is 3. The van der Waals surface area contributed by atoms with Crippen LogP contribution in [-0.2, 0) is 16.1 Å². The highest BCUT2D eigenvalue weighted by molar-refractivity contribution is 5.81. The summed E-state index contributed by atoms with van der Waals surface area (Å²) < 4.78 is 7.77. The number of hydrogen-bond donors (Lipinski definition) is 0. The highest BCUT2D eigenvalue weighted by atomic mass is 16.5. The van der Waals surface area contributed by atoms with Crippen molar-refractivity contribution in [3.05, 3.63) is 107 Å². The average Bonchev–Trinajstić information content (AvgIpc) is 3.18. The Morgan fingerprint density at radius 2 is 1.56 bits per heavy atom. The molecule has 3 aromatic carbocycles. The predicted molar refractivity (Wildman–Crippen MR) is 128 cm³/mol. The number of ether oxygens (including phenoxy) is 1. The first kappa shape index (κ1) is 21.6. The lowest BCUT2D eigenvalue weighted by Gasteiger charge is -2.18. The monoisotopic (exact) mass is 424 g/mol. The summed E-state index contributed by atoms with van der Waals surface area (Å²) >= 11 is 0. The number of carbonyl (C=O) groups is 1. The molecule has 4 heteroatoms. The predicted octanol–water partition coefficient (Wildman–Crippen LogP) is 6.31. The average molecular weight is 425 g/mol. The SMILES string of the molecule is Cc1cn(-c2c(C)cccc2C)c(-c2ccccc2C(C)C(=O)OCc2ccccc2)n1. The van der Waals surface area contributed by atoms with Crippen LogP contribution in [0.4, 0.5) is 0 Å². The van der Waals surface area contributed by atoms with Gasteiger partial charge in [-0.3, -0.25) is 9.36 Å². The van der Waals surface area contributed by atoms with Gasteiger partial charge in [-0.1, -0.05) is 72.8 Å². The van der Waals surface area contributed by atoms with Crippen LogP contribution in [0.1, 0.15) is 40.8 Å². The molecule has 0 spiro atoms. The van der Waals surface area contributed by atoms with Gasteiger partial charge in [0.2, 0.25) is 0 Å². The minimum absolute atomic E-state index is 0.247. The van der Waals surface area contributed by atoms with Gasteiger partial charge in [-0.25, -0.2) is 4.98 Å². The maximum atomic E-state index is 12.9. The summed E-state index contributed by atoms with van der Waals surface area (Å²) in [6, 6.07) is 24.0. The lowest BCUT2D eigenvalue weighted by atomic mass is 9.95. The Morgan fingerprint density at radius 3 is 2.28 bits per heavy atom. The molecule has 4 rings (SSSR count). The normalized spacial score (nSPS) is 11.9. The molecule has 1 aromatic heterocycles. The van der Waals surface area contributed by atoms with Crippen LogP contribution >= 0.6 is 0 Å². The lowest BCUT2D eigenvalue weighted by Crippen LogP contribution is -2.14. The van der Waals surface area contributed by atoms with Crippen LogP contribution in [0.25, 0.3) is 17.1 Å². The Kier molecular flexibility index (Phi) is 6.22. The second kappa shape index (κ2) is 9.23. The number of benzene rings is 3. The van der Waals surface area contributed by atoms with Gasteiger partial charge in [-0.05, 0) is 49.9 Å². The second-order valence-electron chi connectivity index (χ2n) is 8.22. The van der Waals surface area contributed by atoms with Crippen LogP contribution in [0.15, 0.2) is 79.0 Å². The summed E-state index contributed by atoms with van der Waals surface area (Å²) in [5.41, 5.74) is 7.22. The molecule has 162 valence electrons. The number of rotatable bonds is 6. The molecule has 4 nitrogen and oxygen atoms in total. The minimum atomic E-state index is -0.418. The van der Waals surface area contributed by atoms with Crippen LogP contribution in [-0.4, -0.2) is 15.5 Å². The van der Waals surface area contributed by atoms with Crippen LogP contribution < -0.4 is 0 Å². The molecule has 0 saturated carbocycles. The highest BCUT2D eigenvalue weighted by Crippen LogP contribution is 2.33. The van der Waals surface area contributed by atoms with E-state index < -0.39 is 5.92 Å². The van der Waals surface area contributed by atoms with E-state index in [4.69, 9.17) is 9.72 Å². The smallest absolute Gasteiger partial charge is 0.313 e. The summed E-state index contributed by atoms with van der Waals surface area (Å²) in [5.74, 6) is 0.166. The summed E-state index contributed by atoms with van der Waals surface area (Å²) in [6.45, 7) is 8.37. The maximum absolute atomic E-state index is 12.9. The number of para-hydroxylation sites is 1. The molecule has 0 aliphatic carbocycles. The van der Waals surface area contributed by atoms with E-state index in [1.165, 1.54) is 11.1 Å². The van der Waals surface area contributed by atoms with E-state index in [1.54, 1.807) is 0 Å². The van der Waals surface area contributed by atoms with Crippen molar-refractivity contribution < 1.29 is 9.53 Å². The van der Waals surface area contributed by atoms with Gasteiger partial charge < -0.3 is 4.74 Å². The Morgan fingerprint density at radius 1 is 0.906 bits per heavy atom. The van der Waals surface area contributed by atoms with E-state index in [0.717, 1.165) is 33.9 Å². The number of aromatic nitrogens is 2. The largest absolute Gasteiger partial charge is 0.460 e. The fraction of sp³-hybridized carbons (Fsp3) is 0.214. The van der Waals surface area contributed by atoms with Gasteiger partial charge in [0.05, 0.1) is 17.3 Å². The highest BCUT2D eigenvalue weighted by Gasteiger charge is 2.23. The van der Waals surface area contributed by atoms with Gasteiger partial charge in [-0.2, -0.15) is 0 Å². The molecule has 0 saturated heterocycles. The van der Waals surface area contributed by atoms with Gasteiger partial charge in [0.15, 0.2) is 0 Å². The molecule has 1 atom stereocenters. The molecule has 32 heavy (non-hydrogen) atoms. The van der Waals surface area contributed by atoms with E-state index in [0.29, 0.717) is 0 Å². The fourth-order valence-electron chi connectivity index (χ4n) is 4.10. The van der Waals surface area contributed by atoms with E-state index in [1.807, 2.05) is 68.4 Å². The van der Waals surface area contributed by atoms with E-state index >= 15 is 0 Å². The van der Waals surface area contributed by atoms with Crippen molar-refractivity contribution in [2.24, 2.45) is 0 Å². The van der Waals surface area contributed by atoms with Crippen LogP contribution in [0, 0.1) is 20.8 Å². The van der Waals surface area contributed by atoms with Gasteiger partial charge in [0, 0.05) is 11.8 Å². The summed E-state index contributed by atoms with van der Waals surface area (Å²) in [4.78, 5) is 17.8. The zero-order valence-electron chi connectivity index (χ0n) is 19.0. The first-order chi connectivity index (χ1) is 15.5. The van der Waals surface area contributed by atoms with Crippen LogP contribution in [0.2, 0.25) is 0 Å². The number of carbonyl (C=O) groups excluding carboxylic acids is 1. The number of esters is 1. The molecular formula is C28H28N2O2. The molecule has 0 aliphatic rings. The van der Waals surface area contributed by atoms with Crippen molar-refractivity contribution in [1.29, 1.82) is 0 Å². The quantitative estimate of drug-likeness (QED) is 0.341. The van der Waals surface area contributed by atoms with Gasteiger partial charge in [-0.15, -0.1) is 0 Å². The molecule has 1 heterocycles. The summed E-state index contributed by atoms with van der Waals surface area (Å²) in [6.07, 6.45) is 2.06. The topological polar surface area (TPSA) is 44.1 Å². The summed E-state index contributed by atoms with van der Waals surface area (Å²) in [5, 5.41) is 0. The van der Waals surface area contributed by atoms with Crippen molar-refractivity contribution in [3.8, 4) is 17.1 Å². The summed E-state index contributed by atoms with van der Waals surface area (Å²) in [7, 11) is 0. The molecular weight excluding hydrogens is 396 g/mol. The Hall–Kier alpha value is -3.66. The third-order valence-corrected chi connectivity index (χ3v) is 5.75. The van der Waals surface area contributed by atoms with Crippen molar-refractivity contribution in [2.45, 2.75) is 40.2 Å². The second-order valence-corrected chi connectivity index (χ2v) is 8.22. The zero-order valence-corrected chi connectivity index (χ0v) is 19.0. The fourth-order valence-corrected chi connectivity index (χ4v) is 4.10. The molecule has 4 aromatic rings. The van der Waals surface area contributed by atoms with E-state index in [-0.39, 0.29) is 12.6 Å². The molecule has 0 amide bonds. The molecule has 0 aliphatic heterocycles. The van der Waals surface area contributed by atoms with Gasteiger partial charge in [0.25, 0.3) is 0 Å². The molecule has 0 radical (unpaired) electrons. The maximum Gasteiger partial charge on any atom is 0.313 e. The van der Waals surface area contributed by atoms with Crippen LogP contribution in [0.3, 0.4) is 0 Å². The van der Waals surface area contributed by atoms with Gasteiger partial charge in [0.1, 0.15) is 12.4 Å². The van der Waals surface area contributed by atoms with Crippen molar-refractivity contribution >= 4 is 5.97 Å². The minimum Gasteiger partial charge on any atom is -0.460 e. The molecule has 0 N–H and O–H groups in total. The van der Waals surface area contributed by atoms with Crippen molar-refractivity contribution in [2.75, 3.05) is 0 Å². The Labute approximate surface area is 189 Å². The van der Waals surface area contributed by atoms with Crippen molar-refractivity contribution in [1.82, 2.24) is 9.55 Å². The zero-order chi connectivity index (χ0) is 22.7. The first-order valence-corrected chi connectivity index (χ1v) is 10.9. The first-order valence-electron chi connectivity index (χ1n) is 10.9. The number of hydrogen-bond acceptors (Lipinski definition) is 3. The number of nitrogens with zero attached hydrogens (tertiary/aromatic N) is 2. The van der Waals surface area contributed by atoms with E-state index in [2.05, 4.69) is 42.8 Å². The molecule has 1 unspecified atom stereocenters. The van der Waals surface area contributed by atoms with E-state index in [9.17, 15) is 4.79 Å². The number of imidazole rings is 1. The standard InChI is InChI=1S/C28H28N2O2/c1-19-11-10-12-20(2)26(19)30-17-21(3)29-27(30)25-16-9-8-15-24(25)22(4)28(31)32-18-23-13-6-5-7-14-23/h5-17,22H,18H2,1-4H3. The van der Waals surface area contributed by atoms with Crippen LogP contribution in [0.5, 0.6) is 0 Å². The Balaban J connectivity index is 1.70. The third-order valence-electron chi connectivity index (χ3n) is 5.75. The lowest BCUT2D eigenvalue weighted by molar-refractivity contribution is -0.146. The van der Waals surface area contributed by atoms with Crippen molar-refractivity contribution in [3.63, 3.8) is 0 Å². The Bertz CT molecular complexity index is 1220.